The summed E-state index contributed by atoms with van der Waals surface area (Å²) in [5.74, 6) is -0.186. The van der Waals surface area contributed by atoms with Crippen molar-refractivity contribution in [3.8, 4) is 0 Å². The van der Waals surface area contributed by atoms with Gasteiger partial charge in [0.1, 0.15) is 6.04 Å². The molecule has 1 saturated heterocycles. The van der Waals surface area contributed by atoms with Gasteiger partial charge in [0.15, 0.2) is 0 Å². The van der Waals surface area contributed by atoms with Crippen LogP contribution in [0.25, 0.3) is 0 Å². The summed E-state index contributed by atoms with van der Waals surface area (Å²) in [5.41, 5.74) is 0.825. The predicted molar refractivity (Wildman–Crippen MR) is 81.7 cm³/mol. The molecule has 1 aliphatic rings. The molecule has 5 nitrogen and oxygen atoms in total. The third-order valence-electron chi connectivity index (χ3n) is 3.91. The third kappa shape index (κ3) is 3.82. The van der Waals surface area contributed by atoms with Gasteiger partial charge in [0, 0.05) is 13.1 Å². The quantitative estimate of drug-likeness (QED) is 0.852. The van der Waals surface area contributed by atoms with Crippen molar-refractivity contribution in [3.63, 3.8) is 0 Å². The minimum atomic E-state index is -0.604. The summed E-state index contributed by atoms with van der Waals surface area (Å²) >= 11 is 0. The largest absolute Gasteiger partial charge is 0.341 e. The monoisotopic (exact) mass is 289 g/mol. The highest BCUT2D eigenvalue weighted by atomic mass is 16.2. The highest BCUT2D eigenvalue weighted by molar-refractivity contribution is 5.90. The lowest BCUT2D eigenvalue weighted by atomic mass is 10.1. The van der Waals surface area contributed by atoms with Gasteiger partial charge >= 0.3 is 0 Å². The second kappa shape index (κ2) is 7.22. The predicted octanol–water partition coefficient (Wildman–Crippen LogP) is 1.07. The molecule has 0 aromatic heterocycles. The molecule has 2 amide bonds. The molecule has 2 rings (SSSR count). The highest BCUT2D eigenvalue weighted by Gasteiger charge is 2.29. The number of rotatable bonds is 5. The number of carbonyl (C=O) groups excluding carboxylic acids is 2. The fraction of sp³-hybridized carbons (Fsp3) is 0.500. The van der Waals surface area contributed by atoms with Crippen molar-refractivity contribution >= 4 is 11.8 Å². The molecule has 2 N–H and O–H groups in total. The van der Waals surface area contributed by atoms with Crippen molar-refractivity contribution in [1.29, 1.82) is 0 Å². The molecule has 0 spiro atoms. The van der Waals surface area contributed by atoms with Crippen molar-refractivity contribution in [1.82, 2.24) is 15.5 Å². The van der Waals surface area contributed by atoms with Gasteiger partial charge in [-0.25, -0.2) is 0 Å². The molecule has 2 atom stereocenters. The summed E-state index contributed by atoms with van der Waals surface area (Å²) in [7, 11) is 1.73. The van der Waals surface area contributed by atoms with Gasteiger partial charge in [0.2, 0.25) is 11.8 Å². The van der Waals surface area contributed by atoms with E-state index in [0.29, 0.717) is 0 Å². The zero-order chi connectivity index (χ0) is 15.2. The summed E-state index contributed by atoms with van der Waals surface area (Å²) in [6.45, 7) is 3.33. The average molecular weight is 289 g/mol. The first-order valence-electron chi connectivity index (χ1n) is 7.45. The van der Waals surface area contributed by atoms with E-state index in [1.807, 2.05) is 35.2 Å². The van der Waals surface area contributed by atoms with Crippen LogP contribution in [0.1, 0.15) is 31.4 Å². The highest BCUT2D eigenvalue weighted by Crippen LogP contribution is 2.19. The van der Waals surface area contributed by atoms with Crippen LogP contribution in [0.5, 0.6) is 0 Å². The Balaban J connectivity index is 2.18. The number of nitrogens with zero attached hydrogens (tertiary/aromatic N) is 1. The molecule has 1 aromatic rings. The lowest BCUT2D eigenvalue weighted by Gasteiger charge is -2.25. The Morgan fingerprint density at radius 2 is 1.76 bits per heavy atom. The number of carbonyl (C=O) groups is 2. The van der Waals surface area contributed by atoms with Gasteiger partial charge in [-0.1, -0.05) is 30.3 Å². The molecular formula is C16H23N3O2. The number of hydrogen-bond acceptors (Lipinski definition) is 3. The van der Waals surface area contributed by atoms with Gasteiger partial charge in [-0.05, 0) is 32.4 Å². The SMILES string of the molecule is CN[C@@H](C)C(=O)N[C@H](C(=O)N1CCCC1)c1ccccc1. The lowest BCUT2D eigenvalue weighted by molar-refractivity contribution is -0.136. The van der Waals surface area contributed by atoms with E-state index in [2.05, 4.69) is 10.6 Å². The normalized spacial score (nSPS) is 17.3. The fourth-order valence-corrected chi connectivity index (χ4v) is 2.45. The van der Waals surface area contributed by atoms with Crippen LogP contribution in [0.3, 0.4) is 0 Å². The Morgan fingerprint density at radius 1 is 1.14 bits per heavy atom. The number of benzene rings is 1. The van der Waals surface area contributed by atoms with Crippen molar-refractivity contribution < 1.29 is 9.59 Å². The maximum Gasteiger partial charge on any atom is 0.249 e. The minimum Gasteiger partial charge on any atom is -0.341 e. The Kier molecular flexibility index (Phi) is 5.33. The Bertz CT molecular complexity index is 484. The Morgan fingerprint density at radius 3 is 2.33 bits per heavy atom. The van der Waals surface area contributed by atoms with E-state index in [9.17, 15) is 9.59 Å². The van der Waals surface area contributed by atoms with Crippen LogP contribution in [-0.2, 0) is 9.59 Å². The van der Waals surface area contributed by atoms with Crippen molar-refractivity contribution in [2.24, 2.45) is 0 Å². The summed E-state index contributed by atoms with van der Waals surface area (Å²) in [4.78, 5) is 26.7. The number of likely N-dealkylation sites (N-methyl/N-ethyl adjacent to an activating group) is 1. The van der Waals surface area contributed by atoms with Crippen LogP contribution in [0, 0.1) is 0 Å². The Labute approximate surface area is 125 Å². The average Bonchev–Trinajstić information content (AvgIpc) is 3.06. The molecule has 0 bridgehead atoms. The standard InChI is InChI=1S/C16H23N3O2/c1-12(17-2)15(20)18-14(13-8-4-3-5-9-13)16(21)19-10-6-7-11-19/h3-5,8-9,12,14,17H,6-7,10-11H2,1-2H3,(H,18,20)/t12-,14-/m0/s1. The maximum atomic E-state index is 12.7. The van der Waals surface area contributed by atoms with Gasteiger partial charge in [0.25, 0.3) is 0 Å². The molecule has 1 fully saturated rings. The van der Waals surface area contributed by atoms with E-state index in [4.69, 9.17) is 0 Å². The first-order valence-corrected chi connectivity index (χ1v) is 7.45. The van der Waals surface area contributed by atoms with Gasteiger partial charge < -0.3 is 15.5 Å². The number of nitrogens with one attached hydrogen (secondary N) is 2. The molecule has 114 valence electrons. The molecule has 0 unspecified atom stereocenters. The number of likely N-dealkylation sites (tertiary alicyclic amines) is 1. The van der Waals surface area contributed by atoms with Gasteiger partial charge in [-0.2, -0.15) is 0 Å². The third-order valence-corrected chi connectivity index (χ3v) is 3.91. The van der Waals surface area contributed by atoms with Gasteiger partial charge in [-0.3, -0.25) is 9.59 Å². The molecule has 1 aliphatic heterocycles. The topological polar surface area (TPSA) is 61.4 Å². The van der Waals surface area contributed by atoms with E-state index in [-0.39, 0.29) is 17.9 Å². The smallest absolute Gasteiger partial charge is 0.249 e. The van der Waals surface area contributed by atoms with Gasteiger partial charge in [0.05, 0.1) is 6.04 Å². The Hall–Kier alpha value is -1.88. The van der Waals surface area contributed by atoms with E-state index >= 15 is 0 Å². The van der Waals surface area contributed by atoms with E-state index in [0.717, 1.165) is 31.5 Å². The fourth-order valence-electron chi connectivity index (χ4n) is 2.45. The van der Waals surface area contributed by atoms with Crippen LogP contribution in [0.2, 0.25) is 0 Å². The summed E-state index contributed by atoms with van der Waals surface area (Å²) in [5, 5.41) is 5.76. The molecule has 1 heterocycles. The van der Waals surface area contributed by atoms with Crippen molar-refractivity contribution in [2.45, 2.75) is 31.8 Å². The molecule has 0 radical (unpaired) electrons. The second-order valence-electron chi connectivity index (χ2n) is 5.40. The second-order valence-corrected chi connectivity index (χ2v) is 5.40. The van der Waals surface area contributed by atoms with E-state index in [1.165, 1.54) is 0 Å². The summed E-state index contributed by atoms with van der Waals surface area (Å²) in [6.07, 6.45) is 2.07. The molecule has 0 aliphatic carbocycles. The van der Waals surface area contributed by atoms with E-state index < -0.39 is 6.04 Å². The maximum absolute atomic E-state index is 12.7. The van der Waals surface area contributed by atoms with Gasteiger partial charge in [-0.15, -0.1) is 0 Å². The van der Waals surface area contributed by atoms with Crippen molar-refractivity contribution in [3.05, 3.63) is 35.9 Å². The first kappa shape index (κ1) is 15.5. The number of hydrogen-bond donors (Lipinski definition) is 2. The van der Waals surface area contributed by atoms with E-state index in [1.54, 1.807) is 14.0 Å². The van der Waals surface area contributed by atoms with Crippen LogP contribution >= 0.6 is 0 Å². The molecule has 5 heteroatoms. The summed E-state index contributed by atoms with van der Waals surface area (Å²) < 4.78 is 0. The van der Waals surface area contributed by atoms with Crippen LogP contribution in [0.15, 0.2) is 30.3 Å². The molecule has 1 aromatic carbocycles. The summed E-state index contributed by atoms with van der Waals surface area (Å²) in [6, 6.07) is 8.49. The number of amides is 2. The molecule has 21 heavy (non-hydrogen) atoms. The zero-order valence-corrected chi connectivity index (χ0v) is 12.6. The first-order chi connectivity index (χ1) is 10.1. The zero-order valence-electron chi connectivity index (χ0n) is 12.6. The molecule has 0 saturated carbocycles. The lowest BCUT2D eigenvalue weighted by Crippen LogP contribution is -2.47. The van der Waals surface area contributed by atoms with Crippen molar-refractivity contribution in [2.75, 3.05) is 20.1 Å². The minimum absolute atomic E-state index is 0.0182. The van der Waals surface area contributed by atoms with Crippen LogP contribution in [-0.4, -0.2) is 42.9 Å². The van der Waals surface area contributed by atoms with Crippen LogP contribution < -0.4 is 10.6 Å². The molecular weight excluding hydrogens is 266 g/mol. The van der Waals surface area contributed by atoms with Crippen LogP contribution in [0.4, 0.5) is 0 Å².